The maximum Gasteiger partial charge on any atom is 0.162 e. The number of aromatic nitrogens is 2. The molecule has 0 unspecified atom stereocenters. The number of benzene rings is 4. The van der Waals surface area contributed by atoms with Crippen LogP contribution >= 0.6 is 0 Å². The molecule has 0 fully saturated rings. The van der Waals surface area contributed by atoms with Crippen molar-refractivity contribution in [1.29, 1.82) is 0 Å². The lowest BCUT2D eigenvalue weighted by Crippen LogP contribution is -2.24. The maximum atomic E-state index is 6.19. The van der Waals surface area contributed by atoms with E-state index in [0.717, 1.165) is 39.2 Å². The molecule has 1 atom stereocenters. The summed E-state index contributed by atoms with van der Waals surface area (Å²) in [4.78, 5) is 4.97. The summed E-state index contributed by atoms with van der Waals surface area (Å²) in [6.45, 7) is 0.473. The average Bonchev–Trinajstić information content (AvgIpc) is 3.27. The van der Waals surface area contributed by atoms with Crippen LogP contribution in [0.3, 0.4) is 0 Å². The van der Waals surface area contributed by atoms with Crippen LogP contribution in [0.15, 0.2) is 97.1 Å². The molecule has 2 heterocycles. The van der Waals surface area contributed by atoms with Crippen LogP contribution in [-0.4, -0.2) is 16.7 Å². The molecule has 5 nitrogen and oxygen atoms in total. The minimum atomic E-state index is -0.132. The third-order valence-electron chi connectivity index (χ3n) is 6.05. The highest BCUT2D eigenvalue weighted by molar-refractivity contribution is 5.86. The molecule has 1 aliphatic heterocycles. The van der Waals surface area contributed by atoms with E-state index < -0.39 is 0 Å². The van der Waals surface area contributed by atoms with Crippen molar-refractivity contribution in [3.8, 4) is 22.9 Å². The van der Waals surface area contributed by atoms with Crippen molar-refractivity contribution in [2.45, 2.75) is 12.8 Å². The summed E-state index contributed by atoms with van der Waals surface area (Å²) in [5.74, 6) is 2.38. The number of hydrogen-bond donors (Lipinski definition) is 1. The van der Waals surface area contributed by atoms with Crippen molar-refractivity contribution in [2.24, 2.45) is 0 Å². The van der Waals surface area contributed by atoms with E-state index in [1.54, 1.807) is 7.11 Å². The second-order valence-corrected chi connectivity index (χ2v) is 8.07. The van der Waals surface area contributed by atoms with Crippen LogP contribution in [0, 0.1) is 0 Å². The predicted molar refractivity (Wildman–Crippen MR) is 131 cm³/mol. The molecular formula is C28H23N3O2. The van der Waals surface area contributed by atoms with Crippen LogP contribution in [0.25, 0.3) is 22.4 Å². The fourth-order valence-electron chi connectivity index (χ4n) is 4.46. The largest absolute Gasteiger partial charge is 0.493 e. The monoisotopic (exact) mass is 433 g/mol. The Morgan fingerprint density at radius 1 is 0.848 bits per heavy atom. The zero-order valence-electron chi connectivity index (χ0n) is 18.2. The van der Waals surface area contributed by atoms with E-state index in [2.05, 4.69) is 64.5 Å². The number of methoxy groups -OCH3 is 1. The molecule has 0 amide bonds. The fraction of sp³-hybridized carbons (Fsp3) is 0.107. The van der Waals surface area contributed by atoms with Crippen LogP contribution in [-0.2, 0) is 6.61 Å². The van der Waals surface area contributed by atoms with Gasteiger partial charge in [0.1, 0.15) is 18.6 Å². The molecule has 1 aromatic heterocycles. The van der Waals surface area contributed by atoms with Gasteiger partial charge >= 0.3 is 0 Å². The molecule has 1 N–H and O–H groups in total. The van der Waals surface area contributed by atoms with Gasteiger partial charge in [-0.1, -0.05) is 60.7 Å². The predicted octanol–water partition coefficient (Wildman–Crippen LogP) is 6.26. The molecule has 0 spiro atoms. The number of rotatable bonds is 5. The van der Waals surface area contributed by atoms with Crippen molar-refractivity contribution < 1.29 is 9.47 Å². The quantitative estimate of drug-likeness (QED) is 0.355. The summed E-state index contributed by atoms with van der Waals surface area (Å²) in [5.41, 5.74) is 6.40. The first-order chi connectivity index (χ1) is 16.3. The molecular weight excluding hydrogens is 410 g/mol. The van der Waals surface area contributed by atoms with Crippen LogP contribution in [0.5, 0.6) is 11.5 Å². The van der Waals surface area contributed by atoms with Crippen molar-refractivity contribution in [2.75, 3.05) is 12.4 Å². The number of anilines is 1. The van der Waals surface area contributed by atoms with Gasteiger partial charge in [-0.2, -0.15) is 0 Å². The summed E-state index contributed by atoms with van der Waals surface area (Å²) in [6.07, 6.45) is -0.132. The second-order valence-electron chi connectivity index (χ2n) is 8.07. The Hall–Kier alpha value is -4.25. The fourth-order valence-corrected chi connectivity index (χ4v) is 4.46. The number of imidazole rings is 1. The zero-order valence-corrected chi connectivity index (χ0v) is 18.2. The Bertz CT molecular complexity index is 1440. The van der Waals surface area contributed by atoms with E-state index in [9.17, 15) is 0 Å². The lowest BCUT2D eigenvalue weighted by molar-refractivity contribution is 0.284. The molecule has 33 heavy (non-hydrogen) atoms. The Morgan fingerprint density at radius 2 is 1.64 bits per heavy atom. The molecule has 0 saturated heterocycles. The first kappa shape index (κ1) is 19.4. The van der Waals surface area contributed by atoms with Gasteiger partial charge in [0.15, 0.2) is 11.5 Å². The van der Waals surface area contributed by atoms with Gasteiger partial charge in [-0.15, -0.1) is 0 Å². The Kier molecular flexibility index (Phi) is 4.73. The van der Waals surface area contributed by atoms with E-state index >= 15 is 0 Å². The zero-order chi connectivity index (χ0) is 22.2. The normalized spacial score (nSPS) is 14.3. The highest BCUT2D eigenvalue weighted by Gasteiger charge is 2.28. The lowest BCUT2D eigenvalue weighted by atomic mass is 10.1. The van der Waals surface area contributed by atoms with Crippen molar-refractivity contribution >= 4 is 16.7 Å². The van der Waals surface area contributed by atoms with Crippen molar-refractivity contribution in [3.63, 3.8) is 0 Å². The van der Waals surface area contributed by atoms with Crippen LogP contribution in [0.1, 0.15) is 17.3 Å². The third kappa shape index (κ3) is 3.38. The van der Waals surface area contributed by atoms with Crippen molar-refractivity contribution in [1.82, 2.24) is 9.55 Å². The number of fused-ring (bicyclic) bond motifs is 5. The highest BCUT2D eigenvalue weighted by atomic mass is 16.5. The first-order valence-corrected chi connectivity index (χ1v) is 11.0. The molecule has 6 rings (SSSR count). The van der Waals surface area contributed by atoms with Gasteiger partial charge in [0, 0.05) is 11.3 Å². The van der Waals surface area contributed by atoms with E-state index in [-0.39, 0.29) is 6.17 Å². The SMILES string of the molecule is COc1ccc([C@@H]2Nc3ccccc3-c3nc4ccccc4n32)cc1OCc1ccccc1. The van der Waals surface area contributed by atoms with E-state index in [1.807, 2.05) is 42.5 Å². The van der Waals surface area contributed by atoms with Gasteiger partial charge in [-0.25, -0.2) is 4.98 Å². The molecule has 0 saturated carbocycles. The highest BCUT2D eigenvalue weighted by Crippen LogP contribution is 2.42. The van der Waals surface area contributed by atoms with Gasteiger partial charge in [0.2, 0.25) is 0 Å². The standard InChI is InChI=1S/C28H23N3O2/c1-32-25-16-15-20(17-26(25)33-18-19-9-3-2-4-10-19)27-29-22-12-6-5-11-21(22)28-30-23-13-7-8-14-24(23)31(27)28/h2-17,27,29H,18H2,1H3/t27-/m1/s1. The third-order valence-corrected chi connectivity index (χ3v) is 6.05. The maximum absolute atomic E-state index is 6.19. The Morgan fingerprint density at radius 3 is 2.52 bits per heavy atom. The molecule has 0 aliphatic carbocycles. The Balaban J connectivity index is 1.45. The summed E-state index contributed by atoms with van der Waals surface area (Å²) >= 11 is 0. The van der Waals surface area contributed by atoms with E-state index in [1.165, 1.54) is 0 Å². The molecule has 5 heteroatoms. The van der Waals surface area contributed by atoms with E-state index in [0.29, 0.717) is 18.1 Å². The van der Waals surface area contributed by atoms with Gasteiger partial charge in [-0.3, -0.25) is 4.57 Å². The first-order valence-electron chi connectivity index (χ1n) is 11.0. The Labute approximate surface area is 192 Å². The number of para-hydroxylation sites is 3. The number of nitrogens with zero attached hydrogens (tertiary/aromatic N) is 2. The van der Waals surface area contributed by atoms with Gasteiger partial charge in [-0.05, 0) is 47.5 Å². The van der Waals surface area contributed by atoms with Crippen molar-refractivity contribution in [3.05, 3.63) is 108 Å². The number of nitrogens with one attached hydrogen (secondary N) is 1. The van der Waals surface area contributed by atoms with Gasteiger partial charge in [0.05, 0.1) is 18.1 Å². The lowest BCUT2D eigenvalue weighted by Gasteiger charge is -2.30. The molecule has 0 bridgehead atoms. The smallest absolute Gasteiger partial charge is 0.162 e. The summed E-state index contributed by atoms with van der Waals surface area (Å²) in [5, 5.41) is 3.71. The van der Waals surface area contributed by atoms with Crippen LogP contribution in [0.4, 0.5) is 5.69 Å². The minimum absolute atomic E-state index is 0.132. The van der Waals surface area contributed by atoms with E-state index in [4.69, 9.17) is 14.5 Å². The molecule has 4 aromatic carbocycles. The summed E-state index contributed by atoms with van der Waals surface area (Å²) < 4.78 is 14.1. The second kappa shape index (κ2) is 8.02. The number of hydrogen-bond acceptors (Lipinski definition) is 4. The topological polar surface area (TPSA) is 48.3 Å². The summed E-state index contributed by atoms with van der Waals surface area (Å²) in [6, 6.07) is 32.8. The number of ether oxygens (including phenoxy) is 2. The average molecular weight is 434 g/mol. The van der Waals surface area contributed by atoms with Gasteiger partial charge in [0.25, 0.3) is 0 Å². The van der Waals surface area contributed by atoms with Crippen LogP contribution in [0.2, 0.25) is 0 Å². The minimum Gasteiger partial charge on any atom is -0.493 e. The summed E-state index contributed by atoms with van der Waals surface area (Å²) in [7, 11) is 1.67. The molecule has 162 valence electrons. The molecule has 0 radical (unpaired) electrons. The van der Waals surface area contributed by atoms with Crippen LogP contribution < -0.4 is 14.8 Å². The molecule has 5 aromatic rings. The molecule has 1 aliphatic rings. The van der Waals surface area contributed by atoms with Gasteiger partial charge < -0.3 is 14.8 Å².